The van der Waals surface area contributed by atoms with Crippen LogP contribution in [0.15, 0.2) is 41.4 Å². The topological polar surface area (TPSA) is 30.8 Å². The van der Waals surface area contributed by atoms with Crippen molar-refractivity contribution < 1.29 is 9.47 Å². The van der Waals surface area contributed by atoms with E-state index in [1.54, 1.807) is 14.2 Å². The fourth-order valence-electron chi connectivity index (χ4n) is 1.98. The molecule has 2 aromatic carbocycles. The molecular formula is C17H19NO2. The van der Waals surface area contributed by atoms with Gasteiger partial charge < -0.3 is 9.47 Å². The van der Waals surface area contributed by atoms with Gasteiger partial charge in [0, 0.05) is 6.21 Å². The van der Waals surface area contributed by atoms with Gasteiger partial charge in [0.2, 0.25) is 0 Å². The fraction of sp³-hybridized carbons (Fsp3) is 0.235. The third kappa shape index (κ3) is 2.99. The van der Waals surface area contributed by atoms with E-state index >= 15 is 0 Å². The summed E-state index contributed by atoms with van der Waals surface area (Å²) in [5.74, 6) is 1.45. The van der Waals surface area contributed by atoms with Crippen molar-refractivity contribution in [3.8, 4) is 11.5 Å². The number of benzene rings is 2. The Kier molecular flexibility index (Phi) is 4.41. The van der Waals surface area contributed by atoms with E-state index in [0.29, 0.717) is 5.75 Å². The van der Waals surface area contributed by atoms with E-state index in [-0.39, 0.29) is 0 Å². The Morgan fingerprint density at radius 1 is 0.900 bits per heavy atom. The Hall–Kier alpha value is -2.29. The summed E-state index contributed by atoms with van der Waals surface area (Å²) in [6.45, 7) is 4.08. The number of hydrogen-bond donors (Lipinski definition) is 0. The number of hydrogen-bond acceptors (Lipinski definition) is 3. The van der Waals surface area contributed by atoms with Gasteiger partial charge in [-0.05, 0) is 48.7 Å². The van der Waals surface area contributed by atoms with Gasteiger partial charge in [0.05, 0.1) is 19.9 Å². The molecule has 0 aromatic heterocycles. The van der Waals surface area contributed by atoms with Gasteiger partial charge in [0.15, 0.2) is 11.5 Å². The van der Waals surface area contributed by atoms with Gasteiger partial charge >= 0.3 is 0 Å². The molecule has 0 heterocycles. The van der Waals surface area contributed by atoms with Crippen molar-refractivity contribution in [1.82, 2.24) is 0 Å². The Morgan fingerprint density at radius 3 is 2.20 bits per heavy atom. The zero-order chi connectivity index (χ0) is 14.5. The van der Waals surface area contributed by atoms with Crippen molar-refractivity contribution in [1.29, 1.82) is 0 Å². The number of nitrogens with zero attached hydrogens (tertiary/aromatic N) is 1. The van der Waals surface area contributed by atoms with Crippen molar-refractivity contribution >= 4 is 11.9 Å². The Morgan fingerprint density at radius 2 is 1.55 bits per heavy atom. The highest BCUT2D eigenvalue weighted by Gasteiger charge is 2.07. The summed E-state index contributed by atoms with van der Waals surface area (Å²) in [5.41, 5.74) is 4.24. The summed E-state index contributed by atoms with van der Waals surface area (Å²) < 4.78 is 10.6. The van der Waals surface area contributed by atoms with Crippen molar-refractivity contribution in [2.24, 2.45) is 4.99 Å². The highest BCUT2D eigenvalue weighted by Crippen LogP contribution is 2.30. The minimum atomic E-state index is 0.712. The van der Waals surface area contributed by atoms with Crippen LogP contribution < -0.4 is 9.47 Å². The zero-order valence-electron chi connectivity index (χ0n) is 12.3. The Bertz CT molecular complexity index is 633. The lowest BCUT2D eigenvalue weighted by molar-refractivity contribution is 0.354. The maximum atomic E-state index is 5.32. The smallest absolute Gasteiger partial charge is 0.161 e. The van der Waals surface area contributed by atoms with Crippen LogP contribution in [0, 0.1) is 13.8 Å². The summed E-state index contributed by atoms with van der Waals surface area (Å²) in [5, 5.41) is 0. The maximum absolute atomic E-state index is 5.32. The standard InChI is InChI=1S/C17H19NO2/c1-12-7-5-6-8-15(12)18-11-14-10-17(20-4)16(19-3)9-13(14)2/h5-11H,1-4H3. The van der Waals surface area contributed by atoms with Gasteiger partial charge in [-0.15, -0.1) is 0 Å². The molecule has 0 aliphatic rings. The summed E-state index contributed by atoms with van der Waals surface area (Å²) >= 11 is 0. The third-order valence-electron chi connectivity index (χ3n) is 3.23. The minimum absolute atomic E-state index is 0.712. The first-order valence-electron chi connectivity index (χ1n) is 6.48. The van der Waals surface area contributed by atoms with Gasteiger partial charge in [-0.3, -0.25) is 4.99 Å². The van der Waals surface area contributed by atoms with Crippen molar-refractivity contribution in [2.45, 2.75) is 13.8 Å². The zero-order valence-corrected chi connectivity index (χ0v) is 12.3. The van der Waals surface area contributed by atoms with Crippen LogP contribution in [-0.2, 0) is 0 Å². The van der Waals surface area contributed by atoms with E-state index in [4.69, 9.17) is 9.47 Å². The van der Waals surface area contributed by atoms with Gasteiger partial charge in [-0.25, -0.2) is 0 Å². The summed E-state index contributed by atoms with van der Waals surface area (Å²) in [7, 11) is 3.27. The van der Waals surface area contributed by atoms with Crippen molar-refractivity contribution in [3.05, 3.63) is 53.1 Å². The lowest BCUT2D eigenvalue weighted by Crippen LogP contribution is -1.95. The molecule has 104 valence electrons. The molecule has 0 aliphatic heterocycles. The van der Waals surface area contributed by atoms with Crippen LogP contribution >= 0.6 is 0 Å². The normalized spacial score (nSPS) is 10.8. The number of para-hydroxylation sites is 1. The largest absolute Gasteiger partial charge is 0.493 e. The average molecular weight is 269 g/mol. The summed E-state index contributed by atoms with van der Waals surface area (Å²) in [6.07, 6.45) is 1.86. The predicted octanol–water partition coefficient (Wildman–Crippen LogP) is 4.07. The summed E-state index contributed by atoms with van der Waals surface area (Å²) in [6, 6.07) is 11.9. The lowest BCUT2D eigenvalue weighted by Gasteiger charge is -2.10. The Labute approximate surface area is 119 Å². The number of aryl methyl sites for hydroxylation is 2. The molecule has 2 aromatic rings. The summed E-state index contributed by atoms with van der Waals surface area (Å²) in [4.78, 5) is 4.55. The molecule has 0 aliphatic carbocycles. The van der Waals surface area contributed by atoms with Crippen LogP contribution in [0.5, 0.6) is 11.5 Å². The molecule has 0 saturated carbocycles. The number of methoxy groups -OCH3 is 2. The van der Waals surface area contributed by atoms with Gasteiger partial charge in [0.1, 0.15) is 0 Å². The van der Waals surface area contributed by atoms with Crippen LogP contribution in [0.2, 0.25) is 0 Å². The van der Waals surface area contributed by atoms with Gasteiger partial charge in [-0.2, -0.15) is 0 Å². The van der Waals surface area contributed by atoms with E-state index in [1.165, 1.54) is 0 Å². The monoisotopic (exact) mass is 269 g/mol. The molecule has 0 fully saturated rings. The van der Waals surface area contributed by atoms with E-state index < -0.39 is 0 Å². The van der Waals surface area contributed by atoms with Gasteiger partial charge in [-0.1, -0.05) is 18.2 Å². The van der Waals surface area contributed by atoms with E-state index in [1.807, 2.05) is 56.5 Å². The van der Waals surface area contributed by atoms with E-state index in [2.05, 4.69) is 4.99 Å². The molecule has 0 N–H and O–H groups in total. The highest BCUT2D eigenvalue weighted by molar-refractivity contribution is 5.85. The number of ether oxygens (including phenoxy) is 2. The molecule has 0 amide bonds. The third-order valence-corrected chi connectivity index (χ3v) is 3.23. The molecule has 2 rings (SSSR count). The second-order valence-electron chi connectivity index (χ2n) is 4.61. The number of rotatable bonds is 4. The highest BCUT2D eigenvalue weighted by atomic mass is 16.5. The van der Waals surface area contributed by atoms with Crippen LogP contribution in [-0.4, -0.2) is 20.4 Å². The van der Waals surface area contributed by atoms with Gasteiger partial charge in [0.25, 0.3) is 0 Å². The fourth-order valence-corrected chi connectivity index (χ4v) is 1.98. The quantitative estimate of drug-likeness (QED) is 0.783. The molecule has 0 spiro atoms. The van der Waals surface area contributed by atoms with Crippen LogP contribution in [0.3, 0.4) is 0 Å². The molecule has 3 heteroatoms. The molecule has 20 heavy (non-hydrogen) atoms. The first-order chi connectivity index (χ1) is 9.65. The second kappa shape index (κ2) is 6.24. The first kappa shape index (κ1) is 14.1. The van der Waals surface area contributed by atoms with Crippen LogP contribution in [0.1, 0.15) is 16.7 Å². The molecule has 0 atom stereocenters. The van der Waals surface area contributed by atoms with E-state index in [9.17, 15) is 0 Å². The molecule has 0 bridgehead atoms. The molecule has 0 radical (unpaired) electrons. The maximum Gasteiger partial charge on any atom is 0.161 e. The first-order valence-corrected chi connectivity index (χ1v) is 6.48. The Balaban J connectivity index is 2.36. The minimum Gasteiger partial charge on any atom is -0.493 e. The van der Waals surface area contributed by atoms with Crippen molar-refractivity contribution in [2.75, 3.05) is 14.2 Å². The van der Waals surface area contributed by atoms with Crippen LogP contribution in [0.25, 0.3) is 0 Å². The average Bonchev–Trinajstić information content (AvgIpc) is 2.47. The lowest BCUT2D eigenvalue weighted by atomic mass is 10.1. The van der Waals surface area contributed by atoms with Crippen molar-refractivity contribution in [3.63, 3.8) is 0 Å². The predicted molar refractivity (Wildman–Crippen MR) is 82.7 cm³/mol. The molecular weight excluding hydrogens is 250 g/mol. The second-order valence-corrected chi connectivity index (χ2v) is 4.61. The molecule has 3 nitrogen and oxygen atoms in total. The molecule has 0 saturated heterocycles. The van der Waals surface area contributed by atoms with Crippen LogP contribution in [0.4, 0.5) is 5.69 Å². The van der Waals surface area contributed by atoms with E-state index in [0.717, 1.165) is 28.1 Å². The number of aliphatic imine (C=N–C) groups is 1. The SMILES string of the molecule is COc1cc(C)c(C=Nc2ccccc2C)cc1OC. The molecule has 0 unspecified atom stereocenters.